The van der Waals surface area contributed by atoms with E-state index in [0.717, 1.165) is 10.8 Å². The van der Waals surface area contributed by atoms with E-state index in [9.17, 15) is 15.2 Å². The van der Waals surface area contributed by atoms with E-state index in [4.69, 9.17) is 0 Å². The van der Waals surface area contributed by atoms with Crippen molar-refractivity contribution in [2.75, 3.05) is 0 Å². The first kappa shape index (κ1) is 11.5. The lowest BCUT2D eigenvalue weighted by Gasteiger charge is -2.14. The molecular formula is C13H13NO3. The summed E-state index contributed by atoms with van der Waals surface area (Å²) in [4.78, 5) is 10.2. The molecule has 0 aromatic heterocycles. The molecule has 2 aromatic carbocycles. The average Bonchev–Trinajstić information content (AvgIpc) is 2.36. The average molecular weight is 231 g/mol. The number of nitro groups is 1. The van der Waals surface area contributed by atoms with E-state index in [1.807, 2.05) is 30.3 Å². The second kappa shape index (κ2) is 4.51. The minimum atomic E-state index is -1.09. The molecule has 0 fully saturated rings. The van der Waals surface area contributed by atoms with Crippen LogP contribution < -0.4 is 0 Å². The van der Waals surface area contributed by atoms with Crippen LogP contribution in [0.15, 0.2) is 42.5 Å². The van der Waals surface area contributed by atoms with Gasteiger partial charge in [-0.25, -0.2) is 0 Å². The minimum Gasteiger partial charge on any atom is -0.381 e. The zero-order chi connectivity index (χ0) is 12.4. The number of hydrogen-bond acceptors (Lipinski definition) is 3. The van der Waals surface area contributed by atoms with Crippen molar-refractivity contribution in [3.05, 3.63) is 58.1 Å². The lowest BCUT2D eigenvalue weighted by molar-refractivity contribution is -0.531. The SMILES string of the molecule is CC(C(O)c1cccc2ccccc12)[N+](=O)[O-]. The Balaban J connectivity index is 2.52. The highest BCUT2D eigenvalue weighted by Gasteiger charge is 2.26. The Hall–Kier alpha value is -1.94. The van der Waals surface area contributed by atoms with E-state index in [0.29, 0.717) is 5.56 Å². The van der Waals surface area contributed by atoms with Crippen molar-refractivity contribution in [1.82, 2.24) is 0 Å². The standard InChI is InChI=1S/C13H13NO3/c1-9(14(16)17)13(15)12-8-4-6-10-5-2-3-7-11(10)12/h2-9,13,15H,1H3. The van der Waals surface area contributed by atoms with Crippen molar-refractivity contribution < 1.29 is 10.0 Å². The third-order valence-corrected chi connectivity index (χ3v) is 2.93. The van der Waals surface area contributed by atoms with Crippen LogP contribution in [0.3, 0.4) is 0 Å². The normalized spacial score (nSPS) is 14.5. The summed E-state index contributed by atoms with van der Waals surface area (Å²) in [7, 11) is 0. The first-order chi connectivity index (χ1) is 8.11. The van der Waals surface area contributed by atoms with Gasteiger partial charge in [-0.1, -0.05) is 42.5 Å². The van der Waals surface area contributed by atoms with Crippen LogP contribution in [0.1, 0.15) is 18.6 Å². The number of aliphatic hydroxyl groups excluding tert-OH is 1. The maximum atomic E-state index is 10.7. The molecule has 0 spiro atoms. The zero-order valence-corrected chi connectivity index (χ0v) is 9.41. The maximum absolute atomic E-state index is 10.7. The maximum Gasteiger partial charge on any atom is 0.239 e. The van der Waals surface area contributed by atoms with E-state index in [1.54, 1.807) is 12.1 Å². The highest BCUT2D eigenvalue weighted by molar-refractivity contribution is 5.86. The summed E-state index contributed by atoms with van der Waals surface area (Å²) in [6.07, 6.45) is -1.09. The van der Waals surface area contributed by atoms with E-state index in [2.05, 4.69) is 0 Å². The molecule has 0 aliphatic heterocycles. The van der Waals surface area contributed by atoms with Gasteiger partial charge in [-0.15, -0.1) is 0 Å². The summed E-state index contributed by atoms with van der Waals surface area (Å²) >= 11 is 0. The van der Waals surface area contributed by atoms with Crippen molar-refractivity contribution in [2.24, 2.45) is 0 Å². The summed E-state index contributed by atoms with van der Waals surface area (Å²) < 4.78 is 0. The molecule has 0 amide bonds. The second-order valence-electron chi connectivity index (χ2n) is 4.04. The summed E-state index contributed by atoms with van der Waals surface area (Å²) in [5.74, 6) is 0. The zero-order valence-electron chi connectivity index (χ0n) is 9.41. The predicted molar refractivity (Wildman–Crippen MR) is 65.4 cm³/mol. The fraction of sp³-hybridized carbons (Fsp3) is 0.231. The molecule has 0 aliphatic rings. The monoisotopic (exact) mass is 231 g/mol. The van der Waals surface area contributed by atoms with E-state index in [1.165, 1.54) is 6.92 Å². The van der Waals surface area contributed by atoms with Gasteiger partial charge in [0.15, 0.2) is 0 Å². The Bertz CT molecular complexity index is 548. The summed E-state index contributed by atoms with van der Waals surface area (Å²) in [5.41, 5.74) is 0.604. The summed E-state index contributed by atoms with van der Waals surface area (Å²) in [6.45, 7) is 1.41. The molecule has 1 N–H and O–H groups in total. The number of benzene rings is 2. The molecule has 0 saturated heterocycles. The molecule has 0 radical (unpaired) electrons. The van der Waals surface area contributed by atoms with E-state index >= 15 is 0 Å². The smallest absolute Gasteiger partial charge is 0.239 e. The molecule has 0 aliphatic carbocycles. The Morgan fingerprint density at radius 1 is 1.18 bits per heavy atom. The van der Waals surface area contributed by atoms with Crippen LogP contribution in [0, 0.1) is 10.1 Å². The molecule has 4 heteroatoms. The number of aliphatic hydroxyl groups is 1. The van der Waals surface area contributed by atoms with Crippen molar-refractivity contribution in [1.29, 1.82) is 0 Å². The molecule has 2 unspecified atom stereocenters. The molecule has 0 heterocycles. The Morgan fingerprint density at radius 3 is 2.53 bits per heavy atom. The number of nitrogens with zero attached hydrogens (tertiary/aromatic N) is 1. The van der Waals surface area contributed by atoms with Crippen molar-refractivity contribution in [3.63, 3.8) is 0 Å². The third-order valence-electron chi connectivity index (χ3n) is 2.93. The van der Waals surface area contributed by atoms with E-state index < -0.39 is 17.1 Å². The third kappa shape index (κ3) is 2.12. The van der Waals surface area contributed by atoms with Crippen molar-refractivity contribution >= 4 is 10.8 Å². The summed E-state index contributed by atoms with van der Waals surface area (Å²) in [5, 5.41) is 22.5. The molecule has 2 rings (SSSR count). The Morgan fingerprint density at radius 2 is 1.82 bits per heavy atom. The van der Waals surface area contributed by atoms with Gasteiger partial charge in [-0.05, 0) is 16.3 Å². The topological polar surface area (TPSA) is 63.4 Å². The van der Waals surface area contributed by atoms with Crippen molar-refractivity contribution in [3.8, 4) is 0 Å². The number of rotatable bonds is 3. The van der Waals surface area contributed by atoms with Gasteiger partial charge < -0.3 is 5.11 Å². The first-order valence-corrected chi connectivity index (χ1v) is 5.40. The van der Waals surface area contributed by atoms with Crippen LogP contribution >= 0.6 is 0 Å². The molecule has 88 valence electrons. The summed E-state index contributed by atoms with van der Waals surface area (Å²) in [6, 6.07) is 12.0. The van der Waals surface area contributed by atoms with Gasteiger partial charge in [0.25, 0.3) is 0 Å². The van der Waals surface area contributed by atoms with Crippen LogP contribution in [0.2, 0.25) is 0 Å². The Labute approximate surface area is 98.7 Å². The molecule has 0 saturated carbocycles. The van der Waals surface area contributed by atoms with Gasteiger partial charge in [0, 0.05) is 11.8 Å². The van der Waals surface area contributed by atoms with Crippen LogP contribution in [-0.4, -0.2) is 16.1 Å². The van der Waals surface area contributed by atoms with E-state index in [-0.39, 0.29) is 0 Å². The largest absolute Gasteiger partial charge is 0.381 e. The predicted octanol–water partition coefficient (Wildman–Crippen LogP) is 2.54. The van der Waals surface area contributed by atoms with Gasteiger partial charge in [0.2, 0.25) is 6.04 Å². The van der Waals surface area contributed by atoms with Crippen molar-refractivity contribution in [2.45, 2.75) is 19.1 Å². The lowest BCUT2D eigenvalue weighted by atomic mass is 9.97. The van der Waals surface area contributed by atoms with Crippen LogP contribution in [0.4, 0.5) is 0 Å². The lowest BCUT2D eigenvalue weighted by Crippen LogP contribution is -2.24. The van der Waals surface area contributed by atoms with Gasteiger partial charge in [-0.2, -0.15) is 0 Å². The van der Waals surface area contributed by atoms with Gasteiger partial charge in [-0.3, -0.25) is 10.1 Å². The molecule has 2 atom stereocenters. The molecule has 4 nitrogen and oxygen atoms in total. The fourth-order valence-corrected chi connectivity index (χ4v) is 1.88. The van der Waals surface area contributed by atoms with Crippen LogP contribution in [-0.2, 0) is 0 Å². The number of fused-ring (bicyclic) bond motifs is 1. The second-order valence-corrected chi connectivity index (χ2v) is 4.04. The van der Waals surface area contributed by atoms with Gasteiger partial charge in [0.05, 0.1) is 0 Å². The van der Waals surface area contributed by atoms with Crippen LogP contribution in [0.25, 0.3) is 10.8 Å². The van der Waals surface area contributed by atoms with Gasteiger partial charge >= 0.3 is 0 Å². The molecule has 17 heavy (non-hydrogen) atoms. The first-order valence-electron chi connectivity index (χ1n) is 5.40. The van der Waals surface area contributed by atoms with Crippen LogP contribution in [0.5, 0.6) is 0 Å². The quantitative estimate of drug-likeness (QED) is 0.652. The molecular weight excluding hydrogens is 218 g/mol. The van der Waals surface area contributed by atoms with Gasteiger partial charge in [0.1, 0.15) is 6.10 Å². The Kier molecular flexibility index (Phi) is 3.06. The number of hydrogen-bond donors (Lipinski definition) is 1. The highest BCUT2D eigenvalue weighted by atomic mass is 16.6. The molecule has 2 aromatic rings. The highest BCUT2D eigenvalue weighted by Crippen LogP contribution is 2.26. The molecule has 0 bridgehead atoms. The fourth-order valence-electron chi connectivity index (χ4n) is 1.88. The minimum absolute atomic E-state index is 0.466.